The molecular weight excluding hydrogens is 377 g/mol. The van der Waals surface area contributed by atoms with Gasteiger partial charge >= 0.3 is 5.69 Å². The summed E-state index contributed by atoms with van der Waals surface area (Å²) in [6.45, 7) is 6.44. The predicted molar refractivity (Wildman–Crippen MR) is 106 cm³/mol. The van der Waals surface area contributed by atoms with Crippen molar-refractivity contribution in [1.29, 1.82) is 0 Å². The largest absolute Gasteiger partial charge is 0.333 e. The van der Waals surface area contributed by atoms with E-state index in [1.807, 2.05) is 0 Å². The van der Waals surface area contributed by atoms with E-state index in [4.69, 9.17) is 0 Å². The zero-order valence-electron chi connectivity index (χ0n) is 16.7. The highest BCUT2D eigenvalue weighted by atomic mass is 19.1. The van der Waals surface area contributed by atoms with Crippen molar-refractivity contribution < 1.29 is 9.18 Å². The number of hydrogen-bond donors (Lipinski definition) is 0. The number of carbonyl (C=O) groups excluding carboxylic acids is 1. The van der Waals surface area contributed by atoms with Crippen LogP contribution in [0.3, 0.4) is 0 Å². The van der Waals surface area contributed by atoms with E-state index in [0.29, 0.717) is 22.9 Å². The minimum absolute atomic E-state index is 0.172. The van der Waals surface area contributed by atoms with Gasteiger partial charge in [0, 0.05) is 18.4 Å². The molecule has 0 spiro atoms. The summed E-state index contributed by atoms with van der Waals surface area (Å²) in [7, 11) is 1.50. The lowest BCUT2D eigenvalue weighted by Crippen LogP contribution is -2.42. The number of aromatic nitrogens is 5. The van der Waals surface area contributed by atoms with Crippen molar-refractivity contribution >= 4 is 22.7 Å². The van der Waals surface area contributed by atoms with Crippen LogP contribution in [0, 0.1) is 19.7 Å². The number of imidazole rings is 2. The Morgan fingerprint density at radius 3 is 2.41 bits per heavy atom. The second-order valence-electron chi connectivity index (χ2n) is 7.18. The molecule has 0 unspecified atom stereocenters. The monoisotopic (exact) mass is 397 g/mol. The fourth-order valence-corrected chi connectivity index (χ4v) is 3.66. The van der Waals surface area contributed by atoms with Crippen LogP contribution in [0.25, 0.3) is 22.6 Å². The maximum absolute atomic E-state index is 14.5. The number of ketones is 1. The van der Waals surface area contributed by atoms with E-state index in [2.05, 4.69) is 4.98 Å². The van der Waals surface area contributed by atoms with E-state index in [-0.39, 0.29) is 16.9 Å². The van der Waals surface area contributed by atoms with E-state index >= 15 is 0 Å². The van der Waals surface area contributed by atoms with Gasteiger partial charge in [-0.3, -0.25) is 23.1 Å². The molecule has 4 rings (SSSR count). The first kappa shape index (κ1) is 18.9. The molecule has 3 aromatic heterocycles. The highest BCUT2D eigenvalue weighted by Gasteiger charge is 2.26. The van der Waals surface area contributed by atoms with Gasteiger partial charge in [-0.15, -0.1) is 0 Å². The van der Waals surface area contributed by atoms with E-state index < -0.39 is 23.1 Å². The summed E-state index contributed by atoms with van der Waals surface area (Å²) >= 11 is 0. The number of para-hydroxylation sites is 1. The van der Waals surface area contributed by atoms with Gasteiger partial charge in [0.25, 0.3) is 5.56 Å². The van der Waals surface area contributed by atoms with E-state index in [9.17, 15) is 18.8 Å². The molecule has 150 valence electrons. The molecule has 0 saturated carbocycles. The van der Waals surface area contributed by atoms with Crippen LogP contribution in [0.2, 0.25) is 0 Å². The average molecular weight is 397 g/mol. The van der Waals surface area contributed by atoms with Crippen molar-refractivity contribution in [2.75, 3.05) is 0 Å². The lowest BCUT2D eigenvalue weighted by atomic mass is 10.2. The molecule has 4 aromatic rings. The summed E-state index contributed by atoms with van der Waals surface area (Å²) in [6, 6.07) is 5.36. The number of nitrogens with zero attached hydrogens (tertiary/aromatic N) is 5. The molecule has 29 heavy (non-hydrogen) atoms. The number of fused-ring (bicyclic) bond motifs is 3. The van der Waals surface area contributed by atoms with Crippen LogP contribution in [0.5, 0.6) is 0 Å². The fourth-order valence-electron chi connectivity index (χ4n) is 3.66. The molecular formula is C20H20FN5O3. The first-order chi connectivity index (χ1) is 13.7. The van der Waals surface area contributed by atoms with Crippen molar-refractivity contribution in [3.05, 3.63) is 62.3 Å². The molecule has 8 nitrogen and oxygen atoms in total. The Kier molecular flexibility index (Phi) is 4.07. The van der Waals surface area contributed by atoms with Gasteiger partial charge in [0.2, 0.25) is 5.78 Å². The first-order valence-corrected chi connectivity index (χ1v) is 9.13. The van der Waals surface area contributed by atoms with Crippen LogP contribution in [0.15, 0.2) is 33.9 Å². The van der Waals surface area contributed by atoms with Crippen LogP contribution < -0.4 is 11.2 Å². The maximum atomic E-state index is 14.5. The van der Waals surface area contributed by atoms with Crippen molar-refractivity contribution in [2.24, 2.45) is 7.05 Å². The first-order valence-electron chi connectivity index (χ1n) is 9.13. The van der Waals surface area contributed by atoms with Crippen LogP contribution in [0.4, 0.5) is 4.39 Å². The van der Waals surface area contributed by atoms with Crippen molar-refractivity contribution in [2.45, 2.75) is 33.7 Å². The summed E-state index contributed by atoms with van der Waals surface area (Å²) in [6.07, 6.45) is 0. The molecule has 0 aliphatic rings. The van der Waals surface area contributed by atoms with Crippen molar-refractivity contribution in [1.82, 2.24) is 23.1 Å². The van der Waals surface area contributed by atoms with Gasteiger partial charge in [0.15, 0.2) is 16.9 Å². The zero-order valence-corrected chi connectivity index (χ0v) is 16.7. The maximum Gasteiger partial charge on any atom is 0.333 e. The molecule has 1 atom stereocenters. The minimum Gasteiger partial charge on any atom is -0.298 e. The van der Waals surface area contributed by atoms with Gasteiger partial charge in [0.1, 0.15) is 5.82 Å². The van der Waals surface area contributed by atoms with Crippen LogP contribution in [0.1, 0.15) is 31.3 Å². The molecule has 3 heterocycles. The van der Waals surface area contributed by atoms with Gasteiger partial charge in [-0.2, -0.15) is 4.98 Å². The molecule has 0 radical (unpaired) electrons. The molecule has 0 fully saturated rings. The van der Waals surface area contributed by atoms with Gasteiger partial charge in [-0.1, -0.05) is 12.1 Å². The Morgan fingerprint density at radius 2 is 1.79 bits per heavy atom. The normalized spacial score (nSPS) is 12.8. The van der Waals surface area contributed by atoms with Gasteiger partial charge in [0.05, 0.1) is 11.7 Å². The van der Waals surface area contributed by atoms with Gasteiger partial charge in [-0.05, 0) is 39.8 Å². The van der Waals surface area contributed by atoms with Crippen molar-refractivity contribution in [3.8, 4) is 5.69 Å². The third-order valence-electron chi connectivity index (χ3n) is 5.54. The second-order valence-corrected chi connectivity index (χ2v) is 7.18. The Hall–Kier alpha value is -3.49. The summed E-state index contributed by atoms with van der Waals surface area (Å²) < 4.78 is 19.9. The zero-order chi connectivity index (χ0) is 21.2. The fraction of sp³-hybridized carbons (Fsp3) is 0.300. The number of rotatable bonds is 3. The highest BCUT2D eigenvalue weighted by molar-refractivity contribution is 5.81. The number of carbonyl (C=O) groups is 1. The number of Topliss-reactive ketones (excluding diaryl/α,β-unsaturated/α-hetero) is 1. The number of aryl methyl sites for hydroxylation is 2. The Balaban J connectivity index is 2.23. The van der Waals surface area contributed by atoms with Gasteiger partial charge in [-0.25, -0.2) is 13.8 Å². The van der Waals surface area contributed by atoms with Gasteiger partial charge < -0.3 is 0 Å². The average Bonchev–Trinajstić information content (AvgIpc) is 3.17. The van der Waals surface area contributed by atoms with E-state index in [0.717, 1.165) is 4.57 Å². The molecule has 1 aromatic carbocycles. The third-order valence-corrected chi connectivity index (χ3v) is 5.54. The second kappa shape index (κ2) is 6.26. The summed E-state index contributed by atoms with van der Waals surface area (Å²) in [5.41, 5.74) is 0.800. The number of halogens is 1. The Bertz CT molecular complexity index is 1440. The molecule has 0 bridgehead atoms. The summed E-state index contributed by atoms with van der Waals surface area (Å²) in [5, 5.41) is 0. The SMILES string of the molecule is CC(=O)[C@@H](C)n1c(=O)c2c(nc3n(-c4ccccc4F)c(C)c(C)n23)n(C)c1=O. The quantitative estimate of drug-likeness (QED) is 0.530. The predicted octanol–water partition coefficient (Wildman–Crippen LogP) is 2.04. The highest BCUT2D eigenvalue weighted by Crippen LogP contribution is 2.26. The topological polar surface area (TPSA) is 83.3 Å². The molecule has 0 saturated heterocycles. The smallest absolute Gasteiger partial charge is 0.298 e. The lowest BCUT2D eigenvalue weighted by molar-refractivity contribution is -0.119. The van der Waals surface area contributed by atoms with E-state index in [1.165, 1.54) is 31.5 Å². The molecule has 0 N–H and O–H groups in total. The molecule has 9 heteroatoms. The van der Waals surface area contributed by atoms with Crippen LogP contribution in [-0.4, -0.2) is 28.9 Å². The van der Waals surface area contributed by atoms with Crippen LogP contribution in [-0.2, 0) is 11.8 Å². The van der Waals surface area contributed by atoms with Crippen LogP contribution >= 0.6 is 0 Å². The molecule has 0 aliphatic carbocycles. The molecule has 0 aliphatic heterocycles. The van der Waals surface area contributed by atoms with E-state index in [1.54, 1.807) is 41.0 Å². The minimum atomic E-state index is -0.911. The third kappa shape index (κ3) is 2.43. The Morgan fingerprint density at radius 1 is 1.14 bits per heavy atom. The molecule has 0 amide bonds. The Labute approximate surface area is 164 Å². The number of benzene rings is 1. The van der Waals surface area contributed by atoms with Crippen molar-refractivity contribution in [3.63, 3.8) is 0 Å². The summed E-state index contributed by atoms with van der Waals surface area (Å²) in [4.78, 5) is 42.4. The number of hydrogen-bond acceptors (Lipinski definition) is 4. The summed E-state index contributed by atoms with van der Waals surface area (Å²) in [5.74, 6) is -0.418. The standard InChI is InChI=1S/C20H20FN5O3/c1-10-11(2)25-16-17(22-19(25)24(10)15-9-7-6-8-14(15)21)23(5)20(29)26(18(16)28)12(3)13(4)27/h6-9,12H,1-5H3/t12-/m1/s1. The lowest BCUT2D eigenvalue weighted by Gasteiger charge is -2.12.